The second-order valence-electron chi connectivity index (χ2n) is 8.55. The van der Waals surface area contributed by atoms with Gasteiger partial charge in [0, 0.05) is 18.4 Å². The summed E-state index contributed by atoms with van der Waals surface area (Å²) in [5, 5.41) is 3.32. The van der Waals surface area contributed by atoms with Gasteiger partial charge in [-0.3, -0.25) is 4.79 Å². The minimum absolute atomic E-state index is 0.154. The van der Waals surface area contributed by atoms with Gasteiger partial charge in [-0.15, -0.1) is 0 Å². The zero-order chi connectivity index (χ0) is 19.2. The van der Waals surface area contributed by atoms with Gasteiger partial charge in [0.15, 0.2) is 0 Å². The van der Waals surface area contributed by atoms with Crippen LogP contribution in [0.2, 0.25) is 0 Å². The maximum atomic E-state index is 13.1. The van der Waals surface area contributed by atoms with Gasteiger partial charge >= 0.3 is 0 Å². The van der Waals surface area contributed by atoms with Crippen LogP contribution in [-0.2, 0) is 4.79 Å². The lowest BCUT2D eigenvalue weighted by Gasteiger charge is -2.36. The highest BCUT2D eigenvalue weighted by Gasteiger charge is 2.35. The molecule has 0 aliphatic heterocycles. The van der Waals surface area contributed by atoms with Crippen molar-refractivity contribution in [2.45, 2.75) is 46.0 Å². The van der Waals surface area contributed by atoms with Crippen molar-refractivity contribution in [2.75, 3.05) is 6.54 Å². The molecule has 2 heteroatoms. The molecule has 1 aliphatic rings. The van der Waals surface area contributed by atoms with Crippen molar-refractivity contribution < 1.29 is 4.79 Å². The van der Waals surface area contributed by atoms with Gasteiger partial charge < -0.3 is 5.32 Å². The van der Waals surface area contributed by atoms with Crippen LogP contribution in [0.15, 0.2) is 60.7 Å². The fraction of sp³-hybridized carbons (Fsp3) is 0.480. The lowest BCUT2D eigenvalue weighted by Crippen LogP contribution is -2.41. The van der Waals surface area contributed by atoms with E-state index in [-0.39, 0.29) is 17.7 Å². The van der Waals surface area contributed by atoms with E-state index in [0.29, 0.717) is 24.3 Å². The summed E-state index contributed by atoms with van der Waals surface area (Å²) >= 11 is 0. The average molecular weight is 364 g/mol. The maximum Gasteiger partial charge on any atom is 0.223 e. The maximum absolute atomic E-state index is 13.1. The van der Waals surface area contributed by atoms with Crippen LogP contribution in [0.3, 0.4) is 0 Å². The van der Waals surface area contributed by atoms with Crippen LogP contribution in [0, 0.1) is 23.7 Å². The highest BCUT2D eigenvalue weighted by molar-refractivity contribution is 5.79. The number of hydrogen-bond acceptors (Lipinski definition) is 1. The molecule has 0 saturated heterocycles. The second-order valence-corrected chi connectivity index (χ2v) is 8.55. The van der Waals surface area contributed by atoms with E-state index in [1.807, 2.05) is 12.1 Å². The number of rotatable bonds is 6. The Morgan fingerprint density at radius 2 is 1.52 bits per heavy atom. The summed E-state index contributed by atoms with van der Waals surface area (Å²) in [5.74, 6) is 2.31. The molecule has 144 valence electrons. The molecule has 3 atom stereocenters. The predicted octanol–water partition coefficient (Wildman–Crippen LogP) is 5.64. The van der Waals surface area contributed by atoms with E-state index in [2.05, 4.69) is 74.6 Å². The molecule has 1 fully saturated rings. The topological polar surface area (TPSA) is 29.1 Å². The van der Waals surface area contributed by atoms with Crippen LogP contribution >= 0.6 is 0 Å². The van der Waals surface area contributed by atoms with Gasteiger partial charge in [0.1, 0.15) is 0 Å². The molecular weight excluding hydrogens is 330 g/mol. The van der Waals surface area contributed by atoms with Crippen molar-refractivity contribution in [3.05, 3.63) is 71.8 Å². The molecule has 2 nitrogen and oxygen atoms in total. The molecule has 0 spiro atoms. The molecule has 0 heterocycles. The van der Waals surface area contributed by atoms with Gasteiger partial charge in [-0.2, -0.15) is 0 Å². The Bertz CT molecular complexity index is 670. The molecule has 1 aliphatic carbocycles. The van der Waals surface area contributed by atoms with Gasteiger partial charge in [0.05, 0.1) is 0 Å². The summed E-state index contributed by atoms with van der Waals surface area (Å²) in [6.45, 7) is 7.46. The normalized spacial score (nSPS) is 22.8. The van der Waals surface area contributed by atoms with Crippen LogP contribution in [0.25, 0.3) is 0 Å². The number of hydrogen-bond donors (Lipinski definition) is 1. The fourth-order valence-corrected chi connectivity index (χ4v) is 4.64. The Kier molecular flexibility index (Phi) is 6.71. The first-order valence-electron chi connectivity index (χ1n) is 10.4. The van der Waals surface area contributed by atoms with Gasteiger partial charge in [-0.25, -0.2) is 0 Å². The van der Waals surface area contributed by atoms with Crippen LogP contribution < -0.4 is 5.32 Å². The number of benzene rings is 2. The van der Waals surface area contributed by atoms with E-state index in [0.717, 1.165) is 6.42 Å². The lowest BCUT2D eigenvalue weighted by molar-refractivity contribution is -0.129. The molecule has 2 aromatic carbocycles. The van der Waals surface area contributed by atoms with E-state index in [9.17, 15) is 4.79 Å². The van der Waals surface area contributed by atoms with Crippen molar-refractivity contribution >= 4 is 5.91 Å². The largest absolute Gasteiger partial charge is 0.355 e. The van der Waals surface area contributed by atoms with Gasteiger partial charge in [0.25, 0.3) is 0 Å². The number of amides is 1. The van der Waals surface area contributed by atoms with E-state index in [4.69, 9.17) is 0 Å². The predicted molar refractivity (Wildman–Crippen MR) is 113 cm³/mol. The Hall–Kier alpha value is -2.09. The molecule has 0 radical (unpaired) electrons. The number of carbonyl (C=O) groups excluding carboxylic acids is 1. The second kappa shape index (κ2) is 9.21. The van der Waals surface area contributed by atoms with E-state index in [1.54, 1.807) is 0 Å². The number of carbonyl (C=O) groups is 1. The molecular formula is C25H33NO. The molecule has 27 heavy (non-hydrogen) atoms. The van der Waals surface area contributed by atoms with E-state index >= 15 is 0 Å². The summed E-state index contributed by atoms with van der Waals surface area (Å²) in [6.07, 6.45) is 3.46. The number of nitrogens with one attached hydrogen (secondary N) is 1. The molecule has 1 amide bonds. The van der Waals surface area contributed by atoms with E-state index < -0.39 is 0 Å². The van der Waals surface area contributed by atoms with Crippen molar-refractivity contribution in [1.82, 2.24) is 5.32 Å². The molecule has 1 saturated carbocycles. The van der Waals surface area contributed by atoms with Crippen LogP contribution in [0.4, 0.5) is 0 Å². The Morgan fingerprint density at radius 3 is 2.04 bits per heavy atom. The third kappa shape index (κ3) is 5.00. The Labute approximate surface area is 164 Å². The zero-order valence-corrected chi connectivity index (χ0v) is 16.9. The van der Waals surface area contributed by atoms with Crippen molar-refractivity contribution in [1.29, 1.82) is 0 Å². The Morgan fingerprint density at radius 1 is 0.963 bits per heavy atom. The zero-order valence-electron chi connectivity index (χ0n) is 16.9. The molecule has 2 aromatic rings. The Balaban J connectivity index is 1.74. The van der Waals surface area contributed by atoms with Crippen molar-refractivity contribution in [3.8, 4) is 0 Å². The van der Waals surface area contributed by atoms with Crippen LogP contribution in [0.1, 0.15) is 57.1 Å². The first-order chi connectivity index (χ1) is 13.1. The smallest absolute Gasteiger partial charge is 0.223 e. The molecule has 1 N–H and O–H groups in total. The summed E-state index contributed by atoms with van der Waals surface area (Å²) < 4.78 is 0. The quantitative estimate of drug-likeness (QED) is 0.706. The monoisotopic (exact) mass is 363 g/mol. The lowest BCUT2D eigenvalue weighted by atomic mass is 9.69. The van der Waals surface area contributed by atoms with Gasteiger partial charge in [-0.1, -0.05) is 87.9 Å². The summed E-state index contributed by atoms with van der Waals surface area (Å²) in [7, 11) is 0. The molecule has 0 unspecified atom stereocenters. The SMILES string of the molecule is CC(C)[C@@H]1CC[C@@H](C)C[C@H]1C(=O)NCC(c1ccccc1)c1ccccc1. The first-order valence-corrected chi connectivity index (χ1v) is 10.4. The average Bonchev–Trinajstić information content (AvgIpc) is 2.69. The summed E-state index contributed by atoms with van der Waals surface area (Å²) in [6, 6.07) is 21.0. The standard InChI is InChI=1S/C25H33NO/c1-18(2)22-15-14-19(3)16-23(22)25(27)26-17-24(20-10-6-4-7-11-20)21-12-8-5-9-13-21/h4-13,18-19,22-24H,14-17H2,1-3H3,(H,26,27)/t19-,22+,23-/m1/s1. The van der Waals surface area contributed by atoms with Gasteiger partial charge in [-0.05, 0) is 41.7 Å². The van der Waals surface area contributed by atoms with Crippen LogP contribution in [-0.4, -0.2) is 12.5 Å². The third-order valence-electron chi connectivity index (χ3n) is 6.24. The highest BCUT2D eigenvalue weighted by atomic mass is 16.1. The van der Waals surface area contributed by atoms with Gasteiger partial charge in [0.2, 0.25) is 5.91 Å². The van der Waals surface area contributed by atoms with Crippen molar-refractivity contribution in [3.63, 3.8) is 0 Å². The fourth-order valence-electron chi connectivity index (χ4n) is 4.64. The highest BCUT2D eigenvalue weighted by Crippen LogP contribution is 2.38. The minimum Gasteiger partial charge on any atom is -0.355 e. The molecule has 3 rings (SSSR count). The molecule has 0 bridgehead atoms. The minimum atomic E-state index is 0.154. The molecule has 0 aromatic heterocycles. The van der Waals surface area contributed by atoms with Crippen molar-refractivity contribution in [2.24, 2.45) is 23.7 Å². The van der Waals surface area contributed by atoms with Crippen LogP contribution in [0.5, 0.6) is 0 Å². The first kappa shape index (κ1) is 19.7. The summed E-state index contributed by atoms with van der Waals surface area (Å²) in [5.41, 5.74) is 2.50. The van der Waals surface area contributed by atoms with E-state index in [1.165, 1.54) is 24.0 Å². The summed E-state index contributed by atoms with van der Waals surface area (Å²) in [4.78, 5) is 13.1. The third-order valence-corrected chi connectivity index (χ3v) is 6.24.